The maximum Gasteiger partial charge on any atom is 0.134 e. The molecular formula is C15H14ClN3O. The summed E-state index contributed by atoms with van der Waals surface area (Å²) in [6.45, 7) is 0. The molecule has 0 aliphatic rings. The molecule has 2 heterocycles. The number of halogens is 1. The fourth-order valence-electron chi connectivity index (χ4n) is 2.20. The molecule has 0 spiro atoms. The zero-order valence-electron chi connectivity index (χ0n) is 10.7. The molecule has 3 rings (SSSR count). The first kappa shape index (κ1) is 13.1. The SMILES string of the molecule is NNC(Cc1ccncc1)c1cc2cc(Cl)ccc2o1. The van der Waals surface area contributed by atoms with Crippen LogP contribution in [0.25, 0.3) is 11.0 Å². The van der Waals surface area contributed by atoms with Crippen LogP contribution in [0.3, 0.4) is 0 Å². The second-order valence-electron chi connectivity index (χ2n) is 4.61. The third-order valence-electron chi connectivity index (χ3n) is 3.23. The average molecular weight is 288 g/mol. The maximum atomic E-state index is 5.98. The monoisotopic (exact) mass is 287 g/mol. The van der Waals surface area contributed by atoms with E-state index in [1.807, 2.05) is 36.4 Å². The fourth-order valence-corrected chi connectivity index (χ4v) is 2.38. The summed E-state index contributed by atoms with van der Waals surface area (Å²) >= 11 is 5.98. The van der Waals surface area contributed by atoms with Crippen molar-refractivity contribution in [1.29, 1.82) is 0 Å². The van der Waals surface area contributed by atoms with E-state index in [2.05, 4.69) is 10.4 Å². The molecule has 0 aliphatic heterocycles. The van der Waals surface area contributed by atoms with E-state index >= 15 is 0 Å². The van der Waals surface area contributed by atoms with Crippen LogP contribution >= 0.6 is 11.6 Å². The Hall–Kier alpha value is -1.88. The lowest BCUT2D eigenvalue weighted by Gasteiger charge is -2.12. The lowest BCUT2D eigenvalue weighted by atomic mass is 10.1. The van der Waals surface area contributed by atoms with E-state index in [1.54, 1.807) is 12.4 Å². The molecule has 0 saturated carbocycles. The largest absolute Gasteiger partial charge is 0.459 e. The number of hydrogen-bond donors (Lipinski definition) is 2. The van der Waals surface area contributed by atoms with Crippen molar-refractivity contribution >= 4 is 22.6 Å². The van der Waals surface area contributed by atoms with Gasteiger partial charge in [-0.25, -0.2) is 5.43 Å². The van der Waals surface area contributed by atoms with E-state index in [0.717, 1.165) is 28.7 Å². The summed E-state index contributed by atoms with van der Waals surface area (Å²) < 4.78 is 5.83. The average Bonchev–Trinajstić information content (AvgIpc) is 2.88. The minimum absolute atomic E-state index is 0.0939. The van der Waals surface area contributed by atoms with Crippen LogP contribution in [0.5, 0.6) is 0 Å². The van der Waals surface area contributed by atoms with Crippen molar-refractivity contribution in [2.24, 2.45) is 5.84 Å². The highest BCUT2D eigenvalue weighted by Gasteiger charge is 2.15. The normalized spacial score (nSPS) is 12.7. The maximum absolute atomic E-state index is 5.98. The molecule has 102 valence electrons. The number of aromatic nitrogens is 1. The second-order valence-corrected chi connectivity index (χ2v) is 5.05. The van der Waals surface area contributed by atoms with Crippen LogP contribution in [0, 0.1) is 0 Å². The van der Waals surface area contributed by atoms with Gasteiger partial charge in [0.05, 0.1) is 6.04 Å². The Morgan fingerprint density at radius 3 is 2.75 bits per heavy atom. The Kier molecular flexibility index (Phi) is 3.69. The van der Waals surface area contributed by atoms with Crippen molar-refractivity contribution in [3.05, 3.63) is 65.1 Å². The number of fused-ring (bicyclic) bond motifs is 1. The Bertz CT molecular complexity index is 711. The minimum atomic E-state index is -0.0939. The number of nitrogens with one attached hydrogen (secondary N) is 1. The summed E-state index contributed by atoms with van der Waals surface area (Å²) in [6.07, 6.45) is 4.26. The molecule has 4 nitrogen and oxygen atoms in total. The first-order valence-electron chi connectivity index (χ1n) is 6.30. The smallest absolute Gasteiger partial charge is 0.134 e. The number of hydrazine groups is 1. The lowest BCUT2D eigenvalue weighted by molar-refractivity contribution is 0.434. The molecule has 0 aliphatic carbocycles. The van der Waals surface area contributed by atoms with Gasteiger partial charge in [0.1, 0.15) is 11.3 Å². The summed E-state index contributed by atoms with van der Waals surface area (Å²) in [6, 6.07) is 11.3. The molecule has 0 amide bonds. The highest BCUT2D eigenvalue weighted by atomic mass is 35.5. The molecule has 0 fully saturated rings. The van der Waals surface area contributed by atoms with E-state index in [4.69, 9.17) is 21.9 Å². The summed E-state index contributed by atoms with van der Waals surface area (Å²) in [5.74, 6) is 6.45. The first-order valence-corrected chi connectivity index (χ1v) is 6.68. The van der Waals surface area contributed by atoms with E-state index in [0.29, 0.717) is 5.02 Å². The number of pyridine rings is 1. The van der Waals surface area contributed by atoms with Crippen LogP contribution in [0.2, 0.25) is 5.02 Å². The number of benzene rings is 1. The number of rotatable bonds is 4. The molecule has 1 unspecified atom stereocenters. The van der Waals surface area contributed by atoms with Crippen LogP contribution in [0.4, 0.5) is 0 Å². The van der Waals surface area contributed by atoms with Crippen LogP contribution in [0.15, 0.2) is 53.2 Å². The predicted molar refractivity (Wildman–Crippen MR) is 79.2 cm³/mol. The Morgan fingerprint density at radius 1 is 1.20 bits per heavy atom. The number of hydrogen-bond acceptors (Lipinski definition) is 4. The molecule has 0 radical (unpaired) electrons. The summed E-state index contributed by atoms with van der Waals surface area (Å²) in [5.41, 5.74) is 4.74. The quantitative estimate of drug-likeness (QED) is 0.571. The highest BCUT2D eigenvalue weighted by molar-refractivity contribution is 6.31. The standard InChI is InChI=1S/C15H14ClN3O/c16-12-1-2-14-11(8-12)9-15(20-14)13(19-17)7-10-3-5-18-6-4-10/h1-6,8-9,13,19H,7,17H2. The first-order chi connectivity index (χ1) is 9.76. The van der Waals surface area contributed by atoms with Crippen molar-refractivity contribution in [2.45, 2.75) is 12.5 Å². The van der Waals surface area contributed by atoms with Crippen molar-refractivity contribution in [1.82, 2.24) is 10.4 Å². The molecular weight excluding hydrogens is 274 g/mol. The molecule has 0 bridgehead atoms. The van der Waals surface area contributed by atoms with Crippen molar-refractivity contribution in [2.75, 3.05) is 0 Å². The van der Waals surface area contributed by atoms with Gasteiger partial charge in [0.2, 0.25) is 0 Å². The van der Waals surface area contributed by atoms with Gasteiger partial charge in [0, 0.05) is 22.8 Å². The molecule has 1 atom stereocenters. The van der Waals surface area contributed by atoms with Crippen molar-refractivity contribution < 1.29 is 4.42 Å². The predicted octanol–water partition coefficient (Wildman–Crippen LogP) is 3.23. The van der Waals surface area contributed by atoms with E-state index < -0.39 is 0 Å². The van der Waals surface area contributed by atoms with Gasteiger partial charge >= 0.3 is 0 Å². The molecule has 20 heavy (non-hydrogen) atoms. The van der Waals surface area contributed by atoms with Gasteiger partial charge in [-0.2, -0.15) is 0 Å². The van der Waals surface area contributed by atoms with Gasteiger partial charge in [0.25, 0.3) is 0 Å². The second kappa shape index (κ2) is 5.63. The van der Waals surface area contributed by atoms with E-state index in [-0.39, 0.29) is 6.04 Å². The molecule has 3 aromatic rings. The Morgan fingerprint density at radius 2 is 2.00 bits per heavy atom. The van der Waals surface area contributed by atoms with Gasteiger partial charge in [-0.1, -0.05) is 11.6 Å². The van der Waals surface area contributed by atoms with Gasteiger partial charge < -0.3 is 4.42 Å². The zero-order valence-corrected chi connectivity index (χ0v) is 11.5. The third kappa shape index (κ3) is 2.67. The minimum Gasteiger partial charge on any atom is -0.459 e. The van der Waals surface area contributed by atoms with Crippen LogP contribution in [-0.4, -0.2) is 4.98 Å². The molecule has 0 saturated heterocycles. The fraction of sp³-hybridized carbons (Fsp3) is 0.133. The van der Waals surface area contributed by atoms with Crippen molar-refractivity contribution in [3.63, 3.8) is 0 Å². The third-order valence-corrected chi connectivity index (χ3v) is 3.47. The van der Waals surface area contributed by atoms with Gasteiger partial charge in [-0.3, -0.25) is 10.8 Å². The van der Waals surface area contributed by atoms with E-state index in [1.165, 1.54) is 0 Å². The number of nitrogens with zero attached hydrogens (tertiary/aromatic N) is 1. The van der Waals surface area contributed by atoms with Crippen molar-refractivity contribution in [3.8, 4) is 0 Å². The number of furan rings is 1. The molecule has 2 aromatic heterocycles. The van der Waals surface area contributed by atoms with Gasteiger partial charge in [0.15, 0.2) is 0 Å². The Balaban J connectivity index is 1.91. The topological polar surface area (TPSA) is 64.1 Å². The molecule has 5 heteroatoms. The molecule has 3 N–H and O–H groups in total. The summed E-state index contributed by atoms with van der Waals surface area (Å²) in [7, 11) is 0. The van der Waals surface area contributed by atoms with Crippen LogP contribution in [-0.2, 0) is 6.42 Å². The molecule has 1 aromatic carbocycles. The Labute approximate surface area is 121 Å². The summed E-state index contributed by atoms with van der Waals surface area (Å²) in [5, 5.41) is 1.67. The lowest BCUT2D eigenvalue weighted by Crippen LogP contribution is -2.29. The van der Waals surface area contributed by atoms with Crippen LogP contribution in [0.1, 0.15) is 17.4 Å². The van der Waals surface area contributed by atoms with Crippen LogP contribution < -0.4 is 11.3 Å². The summed E-state index contributed by atoms with van der Waals surface area (Å²) in [4.78, 5) is 4.01. The van der Waals surface area contributed by atoms with E-state index in [9.17, 15) is 0 Å². The van der Waals surface area contributed by atoms with Gasteiger partial charge in [-0.15, -0.1) is 0 Å². The zero-order chi connectivity index (χ0) is 13.9. The number of nitrogens with two attached hydrogens (primary N) is 1. The highest BCUT2D eigenvalue weighted by Crippen LogP contribution is 2.27. The van der Waals surface area contributed by atoms with Gasteiger partial charge in [-0.05, 0) is 48.4 Å².